The van der Waals surface area contributed by atoms with Crippen LogP contribution in [0, 0.1) is 0 Å². The second-order valence-electron chi connectivity index (χ2n) is 5.68. The van der Waals surface area contributed by atoms with Crippen LogP contribution in [0.4, 0.5) is 17.1 Å². The molecule has 0 atom stereocenters. The zero-order chi connectivity index (χ0) is 16.5. The number of fused-ring (bicyclic) bond motifs is 3. The molecule has 0 saturated carbocycles. The molecule has 0 radical (unpaired) electrons. The van der Waals surface area contributed by atoms with Crippen molar-refractivity contribution in [2.75, 3.05) is 10.6 Å². The van der Waals surface area contributed by atoms with Crippen molar-refractivity contribution in [3.63, 3.8) is 0 Å². The predicted octanol–water partition coefficient (Wildman–Crippen LogP) is 4.42. The highest BCUT2D eigenvalue weighted by Crippen LogP contribution is 2.29. The maximum Gasteiger partial charge on any atom is 0.221 e. The summed E-state index contributed by atoms with van der Waals surface area (Å²) in [6.07, 6.45) is 1.81. The van der Waals surface area contributed by atoms with Gasteiger partial charge in [-0.15, -0.1) is 0 Å². The van der Waals surface area contributed by atoms with Crippen molar-refractivity contribution in [2.45, 2.75) is 6.92 Å². The first kappa shape index (κ1) is 14.3. The van der Waals surface area contributed by atoms with Crippen molar-refractivity contribution in [1.82, 2.24) is 9.97 Å². The van der Waals surface area contributed by atoms with E-state index in [1.54, 1.807) is 6.20 Å². The Morgan fingerprint density at radius 3 is 2.58 bits per heavy atom. The average Bonchev–Trinajstić information content (AvgIpc) is 2.92. The average molecular weight is 316 g/mol. The van der Waals surface area contributed by atoms with Crippen LogP contribution in [0.5, 0.6) is 0 Å². The van der Waals surface area contributed by atoms with Crippen LogP contribution >= 0.6 is 0 Å². The third-order valence-corrected chi connectivity index (χ3v) is 3.83. The minimum Gasteiger partial charge on any atom is -0.354 e. The summed E-state index contributed by atoms with van der Waals surface area (Å²) >= 11 is 0. The maximum atomic E-state index is 11.2. The molecule has 0 spiro atoms. The van der Waals surface area contributed by atoms with Gasteiger partial charge in [0, 0.05) is 34.6 Å². The van der Waals surface area contributed by atoms with E-state index < -0.39 is 0 Å². The van der Waals surface area contributed by atoms with Crippen molar-refractivity contribution in [3.8, 4) is 0 Å². The number of para-hydroxylation sites is 1. The van der Waals surface area contributed by atoms with Gasteiger partial charge in [0.05, 0.1) is 11.9 Å². The molecule has 0 aliphatic heterocycles. The predicted molar refractivity (Wildman–Crippen MR) is 97.6 cm³/mol. The molecule has 3 N–H and O–H groups in total. The monoisotopic (exact) mass is 316 g/mol. The molecule has 118 valence electrons. The van der Waals surface area contributed by atoms with E-state index in [0.29, 0.717) is 0 Å². The number of hydrogen-bond acceptors (Lipinski definition) is 3. The Kier molecular flexibility index (Phi) is 3.39. The van der Waals surface area contributed by atoms with Crippen LogP contribution in [-0.2, 0) is 4.79 Å². The van der Waals surface area contributed by atoms with E-state index in [1.165, 1.54) is 6.92 Å². The molecule has 1 amide bonds. The van der Waals surface area contributed by atoms with Crippen LogP contribution in [0.15, 0.2) is 60.8 Å². The Morgan fingerprint density at radius 1 is 0.958 bits per heavy atom. The second-order valence-corrected chi connectivity index (χ2v) is 5.68. The van der Waals surface area contributed by atoms with Crippen LogP contribution in [0.2, 0.25) is 0 Å². The summed E-state index contributed by atoms with van der Waals surface area (Å²) in [4.78, 5) is 19.0. The standard InChI is InChI=1S/C19H16N4O/c1-12(24)21-14-7-8-16-17-9-15(22-13-5-3-2-4-6-13)11-20-19(17)23-18(16)10-14/h2-11,22H,1H3,(H,20,23)(H,21,24). The number of aromatic amines is 1. The molecule has 0 saturated heterocycles. The van der Waals surface area contributed by atoms with Crippen molar-refractivity contribution in [3.05, 3.63) is 60.8 Å². The Morgan fingerprint density at radius 2 is 1.79 bits per heavy atom. The molecule has 24 heavy (non-hydrogen) atoms. The second kappa shape index (κ2) is 5.70. The largest absolute Gasteiger partial charge is 0.354 e. The minimum atomic E-state index is -0.0852. The van der Waals surface area contributed by atoms with Crippen LogP contribution in [0.25, 0.3) is 21.9 Å². The first-order chi connectivity index (χ1) is 11.7. The lowest BCUT2D eigenvalue weighted by molar-refractivity contribution is -0.114. The molecule has 0 aliphatic rings. The van der Waals surface area contributed by atoms with Crippen LogP contribution < -0.4 is 10.6 Å². The first-order valence-corrected chi connectivity index (χ1v) is 7.70. The van der Waals surface area contributed by atoms with Crippen LogP contribution in [0.1, 0.15) is 6.92 Å². The molecule has 4 rings (SSSR count). The first-order valence-electron chi connectivity index (χ1n) is 7.70. The van der Waals surface area contributed by atoms with E-state index in [1.807, 2.05) is 48.5 Å². The number of benzene rings is 2. The molecule has 0 aliphatic carbocycles. The smallest absolute Gasteiger partial charge is 0.221 e. The number of H-pyrrole nitrogens is 1. The summed E-state index contributed by atoms with van der Waals surface area (Å²) in [6.45, 7) is 1.50. The number of nitrogens with one attached hydrogen (secondary N) is 3. The van der Waals surface area contributed by atoms with Crippen molar-refractivity contribution >= 4 is 44.9 Å². The molecule has 0 unspecified atom stereocenters. The Hall–Kier alpha value is -3.34. The molecule has 2 aromatic heterocycles. The molecule has 2 aromatic carbocycles. The number of carbonyl (C=O) groups is 1. The highest BCUT2D eigenvalue weighted by molar-refractivity contribution is 6.08. The summed E-state index contributed by atoms with van der Waals surface area (Å²) in [7, 11) is 0. The number of anilines is 3. The molecule has 2 heterocycles. The summed E-state index contributed by atoms with van der Waals surface area (Å²) in [6, 6.07) is 17.9. The number of amides is 1. The lowest BCUT2D eigenvalue weighted by Crippen LogP contribution is -2.05. The van der Waals surface area contributed by atoms with Gasteiger partial charge in [0.2, 0.25) is 5.91 Å². The van der Waals surface area contributed by atoms with Crippen molar-refractivity contribution < 1.29 is 4.79 Å². The van der Waals surface area contributed by atoms with Gasteiger partial charge in [-0.3, -0.25) is 4.79 Å². The number of rotatable bonds is 3. The van der Waals surface area contributed by atoms with Gasteiger partial charge < -0.3 is 15.6 Å². The SMILES string of the molecule is CC(=O)Nc1ccc2c(c1)[nH]c1ncc(Nc3ccccc3)cc12. The topological polar surface area (TPSA) is 69.8 Å². The fourth-order valence-electron chi connectivity index (χ4n) is 2.82. The normalized spacial score (nSPS) is 10.9. The van der Waals surface area contributed by atoms with Gasteiger partial charge in [-0.05, 0) is 30.3 Å². The Balaban J connectivity index is 1.75. The summed E-state index contributed by atoms with van der Waals surface area (Å²) < 4.78 is 0. The highest BCUT2D eigenvalue weighted by Gasteiger charge is 2.08. The van der Waals surface area contributed by atoms with Gasteiger partial charge >= 0.3 is 0 Å². The fraction of sp³-hybridized carbons (Fsp3) is 0.0526. The number of aromatic nitrogens is 2. The van der Waals surface area contributed by atoms with E-state index in [4.69, 9.17) is 0 Å². The van der Waals surface area contributed by atoms with Gasteiger partial charge in [0.15, 0.2) is 0 Å². The lowest BCUT2D eigenvalue weighted by Gasteiger charge is -2.05. The molecular weight excluding hydrogens is 300 g/mol. The number of nitrogens with zero attached hydrogens (tertiary/aromatic N) is 1. The van der Waals surface area contributed by atoms with E-state index in [9.17, 15) is 4.79 Å². The van der Waals surface area contributed by atoms with Crippen molar-refractivity contribution in [2.24, 2.45) is 0 Å². The molecule has 0 bridgehead atoms. The van der Waals surface area contributed by atoms with Gasteiger partial charge in [-0.1, -0.05) is 24.3 Å². The zero-order valence-electron chi connectivity index (χ0n) is 13.1. The molecular formula is C19H16N4O. The summed E-state index contributed by atoms with van der Waals surface area (Å²) in [5.41, 5.74) is 4.49. The maximum absolute atomic E-state index is 11.2. The fourth-order valence-corrected chi connectivity index (χ4v) is 2.82. The van der Waals surface area contributed by atoms with Crippen molar-refractivity contribution in [1.29, 1.82) is 0 Å². The van der Waals surface area contributed by atoms with E-state index >= 15 is 0 Å². The van der Waals surface area contributed by atoms with E-state index in [2.05, 4.69) is 26.7 Å². The quantitative estimate of drug-likeness (QED) is 0.524. The zero-order valence-corrected chi connectivity index (χ0v) is 13.1. The molecule has 0 fully saturated rings. The molecule has 5 nitrogen and oxygen atoms in total. The van der Waals surface area contributed by atoms with Crippen LogP contribution in [-0.4, -0.2) is 15.9 Å². The van der Waals surface area contributed by atoms with Gasteiger partial charge in [0.1, 0.15) is 5.65 Å². The van der Waals surface area contributed by atoms with Gasteiger partial charge in [0.25, 0.3) is 0 Å². The molecule has 4 aromatic rings. The number of carbonyl (C=O) groups excluding carboxylic acids is 1. The summed E-state index contributed by atoms with van der Waals surface area (Å²) in [5, 5.41) is 8.26. The highest BCUT2D eigenvalue weighted by atomic mass is 16.1. The third-order valence-electron chi connectivity index (χ3n) is 3.83. The van der Waals surface area contributed by atoms with E-state index in [0.717, 1.165) is 39.0 Å². The lowest BCUT2D eigenvalue weighted by atomic mass is 10.1. The number of hydrogen-bond donors (Lipinski definition) is 3. The van der Waals surface area contributed by atoms with E-state index in [-0.39, 0.29) is 5.91 Å². The Bertz CT molecular complexity index is 1040. The van der Waals surface area contributed by atoms with Crippen LogP contribution in [0.3, 0.4) is 0 Å². The van der Waals surface area contributed by atoms with Gasteiger partial charge in [-0.2, -0.15) is 0 Å². The minimum absolute atomic E-state index is 0.0852. The number of pyridine rings is 1. The third kappa shape index (κ3) is 2.67. The Labute approximate surface area is 138 Å². The van der Waals surface area contributed by atoms with Gasteiger partial charge in [-0.25, -0.2) is 4.98 Å². The molecule has 5 heteroatoms. The summed E-state index contributed by atoms with van der Waals surface area (Å²) in [5.74, 6) is -0.0852.